The van der Waals surface area contributed by atoms with Gasteiger partial charge >= 0.3 is 0 Å². The summed E-state index contributed by atoms with van der Waals surface area (Å²) in [7, 11) is 0. The molecular weight excluding hydrogens is 902 g/mol. The molecule has 0 aromatic carbocycles. The van der Waals surface area contributed by atoms with Crippen molar-refractivity contribution in [3.63, 3.8) is 0 Å². The van der Waals surface area contributed by atoms with E-state index in [1.165, 1.54) is 4.90 Å². The third-order valence-electron chi connectivity index (χ3n) is 10.5. The lowest BCUT2D eigenvalue weighted by Crippen LogP contribution is -2.59. The lowest BCUT2D eigenvalue weighted by atomic mass is 9.99. The molecule has 0 bridgehead atoms. The van der Waals surface area contributed by atoms with E-state index in [1.807, 2.05) is 4.84 Å². The summed E-state index contributed by atoms with van der Waals surface area (Å²) < 4.78 is 21.2. The van der Waals surface area contributed by atoms with Gasteiger partial charge in [0.15, 0.2) is 12.6 Å². The summed E-state index contributed by atoms with van der Waals surface area (Å²) in [5.74, 6) is -2.04. The fourth-order valence-corrected chi connectivity index (χ4v) is 6.85. The first kappa shape index (κ1) is 58.7. The van der Waals surface area contributed by atoms with Crippen LogP contribution in [0.2, 0.25) is 0 Å². The summed E-state index contributed by atoms with van der Waals surface area (Å²) in [4.78, 5) is 77.6. The van der Waals surface area contributed by atoms with E-state index in [-0.39, 0.29) is 96.0 Å². The second kappa shape index (κ2) is 34.0. The van der Waals surface area contributed by atoms with E-state index in [0.717, 1.165) is 0 Å². The minimum atomic E-state index is -1.57. The number of unbranched alkanes of at least 4 members (excludes halogenated alkanes) is 6. The second-order valence-corrected chi connectivity index (χ2v) is 16.2. The minimum Gasteiger partial charge on any atom is -0.394 e. The molecule has 2 aliphatic heterocycles. The third-order valence-corrected chi connectivity index (χ3v) is 10.7. The van der Waals surface area contributed by atoms with Gasteiger partial charge in [0.2, 0.25) is 35.4 Å². The number of carbonyl (C=O) groups excluding carboxylic acids is 6. The minimum absolute atomic E-state index is 0.0671. The van der Waals surface area contributed by atoms with Crippen LogP contribution in [-0.2, 0) is 47.7 Å². The largest absolute Gasteiger partial charge is 0.394 e. The van der Waals surface area contributed by atoms with Crippen molar-refractivity contribution in [2.45, 2.75) is 138 Å². The molecule has 0 aromatic heterocycles. The Morgan fingerprint density at radius 2 is 0.773 bits per heavy atom. The Hall–Kier alpha value is -3.41. The zero-order valence-electron chi connectivity index (χ0n) is 37.2. The van der Waals surface area contributed by atoms with Crippen LogP contribution in [0.3, 0.4) is 0 Å². The Morgan fingerprint density at radius 1 is 0.439 bits per heavy atom. The van der Waals surface area contributed by atoms with Gasteiger partial charge in [-0.15, -0.1) is 0 Å². The van der Waals surface area contributed by atoms with Crippen molar-refractivity contribution in [1.29, 1.82) is 0 Å². The van der Waals surface area contributed by atoms with Crippen molar-refractivity contribution in [2.24, 2.45) is 0 Å². The molecule has 2 heterocycles. The van der Waals surface area contributed by atoms with Crippen LogP contribution in [-0.4, -0.2) is 221 Å². The van der Waals surface area contributed by atoms with Crippen molar-refractivity contribution < 1.29 is 88.6 Å². The average Bonchev–Trinajstić information content (AvgIpc) is 3.29. The van der Waals surface area contributed by atoms with Gasteiger partial charge in [-0.2, -0.15) is 0 Å². The number of aliphatic hydroxyl groups is 8. The molecule has 0 saturated carbocycles. The molecule has 66 heavy (non-hydrogen) atoms. The predicted molar refractivity (Wildman–Crippen MR) is 230 cm³/mol. The first-order valence-corrected chi connectivity index (χ1v) is 22.8. The lowest BCUT2D eigenvalue weighted by Gasteiger charge is -2.39. The monoisotopic (exact) mass is 973 g/mol. The molecule has 2 fully saturated rings. The van der Waals surface area contributed by atoms with Crippen LogP contribution in [0.25, 0.3) is 0 Å². The number of ether oxygens (including phenoxy) is 4. The molecule has 2 rings (SSSR count). The number of halogens is 1. The van der Waals surface area contributed by atoms with Gasteiger partial charge in [0.05, 0.1) is 46.1 Å². The molecule has 0 unspecified atom stereocenters. The number of rotatable bonds is 34. The summed E-state index contributed by atoms with van der Waals surface area (Å²) in [5.41, 5.74) is 0. The van der Waals surface area contributed by atoms with Crippen molar-refractivity contribution in [1.82, 2.24) is 36.3 Å². The maximum absolute atomic E-state index is 12.8. The molecule has 10 atom stereocenters. The Balaban J connectivity index is 1.66. The van der Waals surface area contributed by atoms with Gasteiger partial charge in [0.1, 0.15) is 48.8 Å². The predicted octanol–water partition coefficient (Wildman–Crippen LogP) is -5.55. The van der Waals surface area contributed by atoms with E-state index in [2.05, 4.69) is 26.6 Å². The fourth-order valence-electron chi connectivity index (χ4n) is 6.76. The van der Waals surface area contributed by atoms with Crippen LogP contribution < -0.4 is 31.4 Å². The summed E-state index contributed by atoms with van der Waals surface area (Å²) in [6, 6.07) is 0. The van der Waals surface area contributed by atoms with E-state index in [1.54, 1.807) is 0 Å². The van der Waals surface area contributed by atoms with E-state index in [4.69, 9.17) is 30.7 Å². The van der Waals surface area contributed by atoms with E-state index in [9.17, 15) is 69.6 Å². The number of hydrogen-bond donors (Lipinski definition) is 14. The Morgan fingerprint density at radius 3 is 1.11 bits per heavy atom. The van der Waals surface area contributed by atoms with Gasteiger partial charge in [0.25, 0.3) is 0 Å². The van der Waals surface area contributed by atoms with Gasteiger partial charge in [-0.25, -0.2) is 0 Å². The van der Waals surface area contributed by atoms with E-state index >= 15 is 0 Å². The molecule has 6 amide bonds. The summed E-state index contributed by atoms with van der Waals surface area (Å²) in [6.07, 6.45) is -8.23. The molecule has 0 spiro atoms. The molecular formula is C40H72ClN7O18. The molecule has 0 radical (unpaired) electrons. The molecule has 382 valence electrons. The summed E-state index contributed by atoms with van der Waals surface area (Å²) in [6.45, 7) is -0.988. The van der Waals surface area contributed by atoms with Crippen LogP contribution in [0.5, 0.6) is 0 Å². The van der Waals surface area contributed by atoms with Gasteiger partial charge in [-0.05, 0) is 38.5 Å². The quantitative estimate of drug-likeness (QED) is 0.0211. The van der Waals surface area contributed by atoms with Gasteiger partial charge in [-0.3, -0.25) is 38.5 Å². The van der Waals surface area contributed by atoms with Crippen LogP contribution in [0.1, 0.15) is 77.0 Å². The zero-order chi connectivity index (χ0) is 48.9. The van der Waals surface area contributed by atoms with Crippen molar-refractivity contribution >= 4 is 47.2 Å². The van der Waals surface area contributed by atoms with Crippen LogP contribution in [0, 0.1) is 0 Å². The highest BCUT2D eigenvalue weighted by atomic mass is 35.5. The topological polar surface area (TPSA) is 377 Å². The number of amides is 6. The SMILES string of the molecule is O=C(CCCCCNC(=O)CN(CC(=O)NCCCCCC(=O)NCCO[C@H]1O[C@H](CO)[C@@H](O)[C@H](O)[C@@H]1O)CC(=O)NCCCCCC(=O)NCCO[C@H]1O[C@H](CO)[C@@H](O)[C@H](O)[C@@H]1O)NCl. The van der Waals surface area contributed by atoms with Crippen molar-refractivity contribution in [3.05, 3.63) is 0 Å². The fraction of sp³-hybridized carbons (Fsp3) is 0.850. The molecule has 2 saturated heterocycles. The highest BCUT2D eigenvalue weighted by Gasteiger charge is 2.45. The third kappa shape index (κ3) is 23.5. The standard InChI is InChI=1S/C40H72ClN7O18/c41-47-29(53)12-6-3-9-15-44-32(56)22-48(20-30(54)42-13-7-1-4-10-27(51)45-16-18-63-39-37(61)35(59)33(57)25(23-49)65-39)21-31(55)43-14-8-2-5-11-28(52)46-17-19-64-40-38(62)36(60)34(58)26(24-50)66-40/h25-26,33-40,49-50,57-62H,1-24H2,(H,42,54)(H,43,55)(H,44,56)(H,45,51)(H,46,52)(H,47,53)/t25-,26-,33-,34-,35+,36+,37+,38+,39+,40+/m1/s1. The van der Waals surface area contributed by atoms with E-state index in [0.29, 0.717) is 64.3 Å². The summed E-state index contributed by atoms with van der Waals surface area (Å²) in [5, 5.41) is 91.6. The normalized spacial score (nSPS) is 25.2. The number of aliphatic hydroxyl groups excluding tert-OH is 8. The second-order valence-electron chi connectivity index (χ2n) is 16.0. The van der Waals surface area contributed by atoms with Crippen molar-refractivity contribution in [2.75, 3.05) is 78.8 Å². The number of nitrogens with zero attached hydrogens (tertiary/aromatic N) is 1. The van der Waals surface area contributed by atoms with Crippen LogP contribution >= 0.6 is 11.8 Å². The number of carbonyl (C=O) groups is 6. The first-order chi connectivity index (χ1) is 31.6. The van der Waals surface area contributed by atoms with Gasteiger partial charge < -0.3 is 86.4 Å². The number of hydrogen-bond acceptors (Lipinski definition) is 19. The van der Waals surface area contributed by atoms with Gasteiger partial charge in [-0.1, -0.05) is 19.3 Å². The molecule has 14 N–H and O–H groups in total. The van der Waals surface area contributed by atoms with Crippen molar-refractivity contribution in [3.8, 4) is 0 Å². The Kier molecular flexibility index (Phi) is 30.2. The number of nitrogens with one attached hydrogen (secondary N) is 6. The summed E-state index contributed by atoms with van der Waals surface area (Å²) >= 11 is 5.28. The molecule has 25 nitrogen and oxygen atoms in total. The first-order valence-electron chi connectivity index (χ1n) is 22.4. The lowest BCUT2D eigenvalue weighted by molar-refractivity contribution is -0.300. The molecule has 2 aliphatic rings. The highest BCUT2D eigenvalue weighted by molar-refractivity contribution is 6.21. The van der Waals surface area contributed by atoms with Crippen LogP contribution in [0.4, 0.5) is 0 Å². The smallest absolute Gasteiger partial charge is 0.234 e. The van der Waals surface area contributed by atoms with Gasteiger partial charge in [0, 0.05) is 63.8 Å². The maximum atomic E-state index is 12.8. The Bertz CT molecular complexity index is 1360. The molecule has 26 heteroatoms. The molecule has 0 aliphatic carbocycles. The zero-order valence-corrected chi connectivity index (χ0v) is 38.0. The average molecular weight is 974 g/mol. The molecule has 0 aromatic rings. The highest BCUT2D eigenvalue weighted by Crippen LogP contribution is 2.23. The Labute approximate surface area is 388 Å². The van der Waals surface area contributed by atoms with E-state index < -0.39 is 92.3 Å². The maximum Gasteiger partial charge on any atom is 0.234 e. The van der Waals surface area contributed by atoms with Crippen LogP contribution in [0.15, 0.2) is 0 Å².